The molecule has 2 aromatic rings. The van der Waals surface area contributed by atoms with E-state index in [1.165, 1.54) is 36.7 Å². The molecule has 0 amide bonds. The molecule has 0 aliphatic carbocycles. The summed E-state index contributed by atoms with van der Waals surface area (Å²) < 4.78 is 28.0. The van der Waals surface area contributed by atoms with Crippen molar-refractivity contribution in [2.24, 2.45) is 0 Å². The molecule has 0 fully saturated rings. The summed E-state index contributed by atoms with van der Waals surface area (Å²) in [5.74, 6) is -0.952. The van der Waals surface area contributed by atoms with Gasteiger partial charge in [-0.3, -0.25) is 4.98 Å². The van der Waals surface area contributed by atoms with Crippen LogP contribution in [0.1, 0.15) is 10.4 Å². The minimum atomic E-state index is -4.08. The second-order valence-electron chi connectivity index (χ2n) is 3.38. The molecule has 92 valence electrons. The molecule has 0 atom stereocenters. The third kappa shape index (κ3) is 2.72. The number of pyridine rings is 1. The van der Waals surface area contributed by atoms with Gasteiger partial charge in [0.05, 0.1) is 5.56 Å². The lowest BCUT2D eigenvalue weighted by Gasteiger charge is -2.04. The van der Waals surface area contributed by atoms with Gasteiger partial charge in [-0.2, -0.15) is 8.42 Å². The summed E-state index contributed by atoms with van der Waals surface area (Å²) in [6.45, 7) is 0. The first kappa shape index (κ1) is 12.3. The quantitative estimate of drug-likeness (QED) is 0.787. The van der Waals surface area contributed by atoms with Crippen LogP contribution in [0.15, 0.2) is 59.8 Å². The molecule has 1 aromatic carbocycles. The lowest BCUT2D eigenvalue weighted by atomic mass is 10.3. The van der Waals surface area contributed by atoms with Crippen molar-refractivity contribution in [1.82, 2.24) is 4.98 Å². The van der Waals surface area contributed by atoms with Gasteiger partial charge in [-0.05, 0) is 24.3 Å². The first-order chi connectivity index (χ1) is 8.59. The lowest BCUT2D eigenvalue weighted by Crippen LogP contribution is -2.13. The van der Waals surface area contributed by atoms with Gasteiger partial charge < -0.3 is 4.18 Å². The SMILES string of the molecule is O=C(OS(=O)(=O)c1ccccc1)c1cccnc1. The molecule has 6 heteroatoms. The van der Waals surface area contributed by atoms with Crippen molar-refractivity contribution in [3.8, 4) is 0 Å². The zero-order chi connectivity index (χ0) is 13.0. The fourth-order valence-corrected chi connectivity index (χ4v) is 2.15. The Balaban J connectivity index is 2.23. The molecule has 0 spiro atoms. The van der Waals surface area contributed by atoms with E-state index in [0.717, 1.165) is 0 Å². The Morgan fingerprint density at radius 3 is 2.39 bits per heavy atom. The predicted molar refractivity (Wildman–Crippen MR) is 63.3 cm³/mol. The van der Waals surface area contributed by atoms with E-state index < -0.39 is 16.1 Å². The van der Waals surface area contributed by atoms with E-state index in [1.807, 2.05) is 0 Å². The second-order valence-corrected chi connectivity index (χ2v) is 4.93. The topological polar surface area (TPSA) is 73.3 Å². The molecule has 18 heavy (non-hydrogen) atoms. The zero-order valence-electron chi connectivity index (χ0n) is 9.18. The molecule has 0 aliphatic heterocycles. The van der Waals surface area contributed by atoms with E-state index in [9.17, 15) is 13.2 Å². The first-order valence-corrected chi connectivity index (χ1v) is 6.44. The standard InChI is InChI=1S/C12H9NO4S/c14-12(10-5-4-8-13-9-10)17-18(15,16)11-6-2-1-3-7-11/h1-9H. The number of hydrogen-bond donors (Lipinski definition) is 0. The number of carbonyl (C=O) groups excluding carboxylic acids is 1. The van der Waals surface area contributed by atoms with Crippen LogP contribution in [-0.2, 0) is 14.3 Å². The van der Waals surface area contributed by atoms with Gasteiger partial charge in [0, 0.05) is 12.4 Å². The van der Waals surface area contributed by atoms with Gasteiger partial charge in [0.25, 0.3) is 0 Å². The summed E-state index contributed by atoms with van der Waals surface area (Å²) in [6.07, 6.45) is 2.71. The van der Waals surface area contributed by atoms with E-state index in [1.54, 1.807) is 18.2 Å². The Morgan fingerprint density at radius 1 is 1.06 bits per heavy atom. The van der Waals surface area contributed by atoms with E-state index in [0.29, 0.717) is 0 Å². The summed E-state index contributed by atoms with van der Waals surface area (Å²) in [5, 5.41) is 0. The Bertz CT molecular complexity index is 638. The third-order valence-electron chi connectivity index (χ3n) is 2.11. The van der Waals surface area contributed by atoms with Crippen LogP contribution in [-0.4, -0.2) is 19.4 Å². The number of benzene rings is 1. The van der Waals surface area contributed by atoms with Crippen LogP contribution in [0, 0.1) is 0 Å². The molecule has 0 saturated carbocycles. The van der Waals surface area contributed by atoms with Gasteiger partial charge in [0.1, 0.15) is 4.90 Å². The maximum absolute atomic E-state index is 11.8. The highest BCUT2D eigenvalue weighted by Crippen LogP contribution is 2.13. The molecule has 0 aliphatic rings. The fraction of sp³-hybridized carbons (Fsp3) is 0. The average Bonchev–Trinajstić information content (AvgIpc) is 2.40. The molecule has 1 aromatic heterocycles. The maximum Gasteiger partial charge on any atom is 0.355 e. The van der Waals surface area contributed by atoms with Crippen LogP contribution in [0.5, 0.6) is 0 Å². The summed E-state index contributed by atoms with van der Waals surface area (Å²) in [7, 11) is -4.08. The van der Waals surface area contributed by atoms with Crippen molar-refractivity contribution >= 4 is 16.1 Å². The van der Waals surface area contributed by atoms with Crippen LogP contribution >= 0.6 is 0 Å². The summed E-state index contributed by atoms with van der Waals surface area (Å²) in [5.41, 5.74) is 0.0806. The first-order valence-electron chi connectivity index (χ1n) is 5.03. The fourth-order valence-electron chi connectivity index (χ4n) is 1.27. The number of carbonyl (C=O) groups is 1. The van der Waals surface area contributed by atoms with Gasteiger partial charge in [0.15, 0.2) is 0 Å². The number of aromatic nitrogens is 1. The van der Waals surface area contributed by atoms with Crippen LogP contribution in [0.25, 0.3) is 0 Å². The molecule has 0 N–H and O–H groups in total. The van der Waals surface area contributed by atoms with E-state index in [4.69, 9.17) is 0 Å². The van der Waals surface area contributed by atoms with Crippen LogP contribution in [0.2, 0.25) is 0 Å². The Kier molecular flexibility index (Phi) is 3.38. The van der Waals surface area contributed by atoms with E-state index in [-0.39, 0.29) is 10.5 Å². The molecule has 1 heterocycles. The molecule has 0 bridgehead atoms. The number of nitrogens with zero attached hydrogens (tertiary/aromatic N) is 1. The van der Waals surface area contributed by atoms with Crippen molar-refractivity contribution < 1.29 is 17.4 Å². The van der Waals surface area contributed by atoms with Gasteiger partial charge in [-0.25, -0.2) is 4.79 Å². The largest absolute Gasteiger partial charge is 0.355 e. The summed E-state index contributed by atoms with van der Waals surface area (Å²) in [6, 6.07) is 10.4. The number of rotatable bonds is 3. The molecular weight excluding hydrogens is 254 g/mol. The highest BCUT2D eigenvalue weighted by atomic mass is 32.2. The normalized spacial score (nSPS) is 10.9. The smallest absolute Gasteiger partial charge is 0.338 e. The van der Waals surface area contributed by atoms with Gasteiger partial charge >= 0.3 is 16.1 Å². The Hall–Kier alpha value is -2.21. The highest BCUT2D eigenvalue weighted by molar-refractivity contribution is 7.87. The Labute approximate surface area is 104 Å². The van der Waals surface area contributed by atoms with Crippen LogP contribution < -0.4 is 0 Å². The lowest BCUT2D eigenvalue weighted by molar-refractivity contribution is 0.0746. The van der Waals surface area contributed by atoms with Gasteiger partial charge in [0.2, 0.25) is 0 Å². The van der Waals surface area contributed by atoms with Gasteiger partial charge in [-0.1, -0.05) is 18.2 Å². The molecule has 0 saturated heterocycles. The Morgan fingerprint density at radius 2 is 1.78 bits per heavy atom. The summed E-state index contributed by atoms with van der Waals surface area (Å²) >= 11 is 0. The predicted octanol–water partition coefficient (Wildman–Crippen LogP) is 1.63. The molecule has 2 rings (SSSR count). The van der Waals surface area contributed by atoms with Crippen molar-refractivity contribution in [2.45, 2.75) is 4.90 Å². The monoisotopic (exact) mass is 263 g/mol. The number of hydrogen-bond acceptors (Lipinski definition) is 5. The molecule has 0 unspecified atom stereocenters. The second kappa shape index (κ2) is 4.97. The van der Waals surface area contributed by atoms with Crippen LogP contribution in [0.3, 0.4) is 0 Å². The molecular formula is C12H9NO4S. The van der Waals surface area contributed by atoms with Crippen molar-refractivity contribution in [3.05, 3.63) is 60.4 Å². The van der Waals surface area contributed by atoms with Crippen molar-refractivity contribution in [2.75, 3.05) is 0 Å². The highest BCUT2D eigenvalue weighted by Gasteiger charge is 2.20. The van der Waals surface area contributed by atoms with Gasteiger partial charge in [-0.15, -0.1) is 0 Å². The zero-order valence-corrected chi connectivity index (χ0v) is 10.0. The van der Waals surface area contributed by atoms with E-state index >= 15 is 0 Å². The summed E-state index contributed by atoms with van der Waals surface area (Å²) in [4.78, 5) is 15.2. The van der Waals surface area contributed by atoms with Crippen LogP contribution in [0.4, 0.5) is 0 Å². The molecule has 5 nitrogen and oxygen atoms in total. The minimum Gasteiger partial charge on any atom is -0.338 e. The molecule has 0 radical (unpaired) electrons. The van der Waals surface area contributed by atoms with Crippen molar-refractivity contribution in [1.29, 1.82) is 0 Å². The maximum atomic E-state index is 11.8. The van der Waals surface area contributed by atoms with E-state index in [2.05, 4.69) is 9.17 Å². The minimum absolute atomic E-state index is 0.0674. The average molecular weight is 263 g/mol. The third-order valence-corrected chi connectivity index (χ3v) is 3.33. The van der Waals surface area contributed by atoms with Crippen molar-refractivity contribution in [3.63, 3.8) is 0 Å².